The van der Waals surface area contributed by atoms with E-state index < -0.39 is 11.7 Å². The SMILES string of the molecule is COC(=O)C12CC(C1)C(NC(=O)OC(C)(C)C)C2. The fraction of sp³-hybridized carbons (Fsp3) is 0.846. The molecule has 0 aromatic rings. The van der Waals surface area contributed by atoms with Crippen LogP contribution in [0.1, 0.15) is 40.0 Å². The van der Waals surface area contributed by atoms with E-state index in [4.69, 9.17) is 9.47 Å². The van der Waals surface area contributed by atoms with Gasteiger partial charge in [0.2, 0.25) is 0 Å². The Bertz CT molecular complexity index is 366. The molecule has 0 radical (unpaired) electrons. The molecular weight excluding hydrogens is 234 g/mol. The van der Waals surface area contributed by atoms with Crippen molar-refractivity contribution in [2.45, 2.75) is 51.7 Å². The molecule has 0 spiro atoms. The van der Waals surface area contributed by atoms with E-state index in [1.54, 1.807) is 0 Å². The van der Waals surface area contributed by atoms with Gasteiger partial charge in [0, 0.05) is 6.04 Å². The number of hydrogen-bond donors (Lipinski definition) is 1. The summed E-state index contributed by atoms with van der Waals surface area (Å²) < 4.78 is 10.0. The zero-order valence-electron chi connectivity index (χ0n) is 11.4. The third-order valence-corrected chi connectivity index (χ3v) is 3.81. The Morgan fingerprint density at radius 1 is 1.22 bits per heavy atom. The average Bonchev–Trinajstić information content (AvgIpc) is 2.67. The highest BCUT2D eigenvalue weighted by molar-refractivity contribution is 5.79. The van der Waals surface area contributed by atoms with Crippen molar-refractivity contribution < 1.29 is 19.1 Å². The van der Waals surface area contributed by atoms with Crippen LogP contribution in [0.3, 0.4) is 0 Å². The molecule has 102 valence electrons. The van der Waals surface area contributed by atoms with Crippen LogP contribution in [-0.2, 0) is 14.3 Å². The first-order valence-corrected chi connectivity index (χ1v) is 6.34. The highest BCUT2D eigenvalue weighted by atomic mass is 16.6. The van der Waals surface area contributed by atoms with Crippen LogP contribution in [0.25, 0.3) is 0 Å². The molecule has 3 rings (SSSR count). The maximum atomic E-state index is 11.7. The van der Waals surface area contributed by atoms with Crippen molar-refractivity contribution in [1.29, 1.82) is 0 Å². The molecule has 18 heavy (non-hydrogen) atoms. The molecule has 0 aliphatic heterocycles. The van der Waals surface area contributed by atoms with Gasteiger partial charge in [-0.05, 0) is 46.0 Å². The minimum absolute atomic E-state index is 0.0407. The molecule has 3 aliphatic carbocycles. The normalized spacial score (nSPS) is 33.6. The fourth-order valence-corrected chi connectivity index (χ4v) is 3.08. The van der Waals surface area contributed by atoms with E-state index >= 15 is 0 Å². The predicted molar refractivity (Wildman–Crippen MR) is 64.9 cm³/mol. The number of nitrogens with one attached hydrogen (secondary N) is 1. The van der Waals surface area contributed by atoms with Crippen LogP contribution in [0.15, 0.2) is 0 Å². The number of carbonyl (C=O) groups excluding carboxylic acids is 2. The lowest BCUT2D eigenvalue weighted by atomic mass is 9.69. The molecule has 0 aromatic carbocycles. The maximum absolute atomic E-state index is 11.7. The molecule has 1 unspecified atom stereocenters. The van der Waals surface area contributed by atoms with Crippen molar-refractivity contribution >= 4 is 12.1 Å². The van der Waals surface area contributed by atoms with Crippen LogP contribution in [-0.4, -0.2) is 30.8 Å². The van der Waals surface area contributed by atoms with Crippen LogP contribution in [0.5, 0.6) is 0 Å². The summed E-state index contributed by atoms with van der Waals surface area (Å²) >= 11 is 0. The van der Waals surface area contributed by atoms with Crippen molar-refractivity contribution in [3.8, 4) is 0 Å². The first-order valence-electron chi connectivity index (χ1n) is 6.34. The number of alkyl carbamates (subject to hydrolysis) is 1. The van der Waals surface area contributed by atoms with Crippen LogP contribution in [0.2, 0.25) is 0 Å². The molecular formula is C13H21NO4. The quantitative estimate of drug-likeness (QED) is 0.765. The Morgan fingerprint density at radius 3 is 2.33 bits per heavy atom. The average molecular weight is 255 g/mol. The summed E-state index contributed by atoms with van der Waals surface area (Å²) in [5.74, 6) is 0.240. The van der Waals surface area contributed by atoms with Gasteiger partial charge >= 0.3 is 12.1 Å². The van der Waals surface area contributed by atoms with Gasteiger partial charge in [0.05, 0.1) is 12.5 Å². The Labute approximate surface area is 107 Å². The lowest BCUT2D eigenvalue weighted by molar-refractivity contribution is -0.157. The number of hydrogen-bond acceptors (Lipinski definition) is 4. The Hall–Kier alpha value is -1.26. The second-order valence-electron chi connectivity index (χ2n) is 6.40. The molecule has 0 heterocycles. The number of carbonyl (C=O) groups is 2. The summed E-state index contributed by atoms with van der Waals surface area (Å²) in [6.45, 7) is 5.49. The van der Waals surface area contributed by atoms with Crippen LogP contribution >= 0.6 is 0 Å². The lowest BCUT2D eigenvalue weighted by Gasteiger charge is -2.35. The second-order valence-corrected chi connectivity index (χ2v) is 6.40. The molecule has 5 nitrogen and oxygen atoms in total. The van der Waals surface area contributed by atoms with Crippen LogP contribution in [0.4, 0.5) is 4.79 Å². The molecule has 1 N–H and O–H groups in total. The van der Waals surface area contributed by atoms with E-state index in [-0.39, 0.29) is 17.4 Å². The Kier molecular flexibility index (Phi) is 3.03. The summed E-state index contributed by atoms with van der Waals surface area (Å²) in [5.41, 5.74) is -0.842. The summed E-state index contributed by atoms with van der Waals surface area (Å²) in [7, 11) is 1.42. The second kappa shape index (κ2) is 4.14. The molecule has 0 saturated heterocycles. The molecule has 5 heteroatoms. The predicted octanol–water partition coefficient (Wildman–Crippen LogP) is 1.85. The highest BCUT2D eigenvalue weighted by Gasteiger charge is 2.61. The van der Waals surface area contributed by atoms with E-state index in [0.717, 1.165) is 12.8 Å². The van der Waals surface area contributed by atoms with Crippen molar-refractivity contribution in [2.75, 3.05) is 7.11 Å². The van der Waals surface area contributed by atoms with Crippen LogP contribution in [0, 0.1) is 11.3 Å². The van der Waals surface area contributed by atoms with Crippen molar-refractivity contribution in [2.24, 2.45) is 11.3 Å². The standard InChI is InChI=1S/C13H21NO4/c1-12(2,3)18-11(16)14-9-7-13(10(15)17-4)5-8(9)6-13/h8-9H,5-7H2,1-4H3,(H,14,16). The zero-order valence-corrected chi connectivity index (χ0v) is 11.4. The van der Waals surface area contributed by atoms with Crippen molar-refractivity contribution in [3.63, 3.8) is 0 Å². The van der Waals surface area contributed by atoms with Gasteiger partial charge in [-0.15, -0.1) is 0 Å². The third kappa shape index (κ3) is 2.31. The summed E-state index contributed by atoms with van der Waals surface area (Å²) in [6.07, 6.45) is 1.91. The minimum atomic E-state index is -0.494. The topological polar surface area (TPSA) is 64.6 Å². The van der Waals surface area contributed by atoms with Gasteiger partial charge in [0.1, 0.15) is 5.60 Å². The summed E-state index contributed by atoms with van der Waals surface area (Å²) in [6, 6.07) is 0.0407. The third-order valence-electron chi connectivity index (χ3n) is 3.81. The molecule has 1 amide bonds. The van der Waals surface area contributed by atoms with E-state index in [9.17, 15) is 9.59 Å². The number of esters is 1. The number of fused-ring (bicyclic) bond motifs is 1. The largest absolute Gasteiger partial charge is 0.469 e. The fourth-order valence-electron chi connectivity index (χ4n) is 3.08. The van der Waals surface area contributed by atoms with Gasteiger partial charge in [0.15, 0.2) is 0 Å². The molecule has 3 saturated carbocycles. The van der Waals surface area contributed by atoms with Gasteiger partial charge < -0.3 is 14.8 Å². The van der Waals surface area contributed by atoms with E-state index in [1.165, 1.54) is 7.11 Å². The maximum Gasteiger partial charge on any atom is 0.407 e. The van der Waals surface area contributed by atoms with Gasteiger partial charge in [0.25, 0.3) is 0 Å². The number of rotatable bonds is 2. The van der Waals surface area contributed by atoms with E-state index in [0.29, 0.717) is 12.3 Å². The Morgan fingerprint density at radius 2 is 1.83 bits per heavy atom. The summed E-state index contributed by atoms with van der Waals surface area (Å²) in [4.78, 5) is 23.3. The smallest absolute Gasteiger partial charge is 0.407 e. The van der Waals surface area contributed by atoms with Gasteiger partial charge in [-0.2, -0.15) is 0 Å². The summed E-state index contributed by atoms with van der Waals surface area (Å²) in [5, 5.41) is 2.86. The molecule has 1 atom stereocenters. The lowest BCUT2D eigenvalue weighted by Crippen LogP contribution is -2.41. The number of amides is 1. The van der Waals surface area contributed by atoms with Crippen molar-refractivity contribution in [3.05, 3.63) is 0 Å². The molecule has 0 aromatic heterocycles. The van der Waals surface area contributed by atoms with Gasteiger partial charge in [-0.3, -0.25) is 4.79 Å². The van der Waals surface area contributed by atoms with Crippen LogP contribution < -0.4 is 5.32 Å². The highest BCUT2D eigenvalue weighted by Crippen LogP contribution is 2.59. The van der Waals surface area contributed by atoms with E-state index in [1.807, 2.05) is 20.8 Å². The number of ether oxygens (including phenoxy) is 2. The van der Waals surface area contributed by atoms with Gasteiger partial charge in [-0.25, -0.2) is 4.79 Å². The molecule has 2 bridgehead atoms. The van der Waals surface area contributed by atoms with Gasteiger partial charge in [-0.1, -0.05) is 0 Å². The van der Waals surface area contributed by atoms with E-state index in [2.05, 4.69) is 5.32 Å². The Balaban J connectivity index is 1.88. The number of methoxy groups -OCH3 is 1. The molecule has 3 fully saturated rings. The van der Waals surface area contributed by atoms with Crippen molar-refractivity contribution in [1.82, 2.24) is 5.32 Å². The first-order chi connectivity index (χ1) is 8.26. The molecule has 3 aliphatic rings. The minimum Gasteiger partial charge on any atom is -0.469 e. The first kappa shape index (κ1) is 13.2. The zero-order chi connectivity index (χ0) is 13.6. The monoisotopic (exact) mass is 255 g/mol.